The Morgan fingerprint density at radius 2 is 1.72 bits per heavy atom. The number of methoxy groups -OCH3 is 1. The number of benzene rings is 2. The van der Waals surface area contributed by atoms with Crippen LogP contribution in [0, 0.1) is 0 Å². The summed E-state index contributed by atoms with van der Waals surface area (Å²) >= 11 is 0. The van der Waals surface area contributed by atoms with E-state index in [4.69, 9.17) is 4.74 Å². The first-order valence-corrected chi connectivity index (χ1v) is 10.0. The molecule has 2 aromatic carbocycles. The molecule has 2 rings (SSSR count). The Morgan fingerprint density at radius 3 is 2.36 bits per heavy atom. The maximum absolute atomic E-state index is 12.9. The lowest BCUT2D eigenvalue weighted by atomic mass is 10.1. The summed E-state index contributed by atoms with van der Waals surface area (Å²) in [6.07, 6.45) is 1.18. The molecule has 0 aliphatic rings. The molecule has 0 saturated carbocycles. The first-order valence-electron chi connectivity index (χ1n) is 7.98. The molecule has 0 saturated heterocycles. The monoisotopic (exact) mass is 361 g/mol. The summed E-state index contributed by atoms with van der Waals surface area (Å²) in [5.74, 6) is -0.221. The Hall–Kier alpha value is -2.18. The zero-order valence-electron chi connectivity index (χ0n) is 14.5. The summed E-state index contributed by atoms with van der Waals surface area (Å²) in [6.45, 7) is 1.36. The van der Waals surface area contributed by atoms with Crippen molar-refractivity contribution in [2.24, 2.45) is 0 Å². The number of hydrogen-bond acceptors (Lipinski definition) is 4. The highest BCUT2D eigenvalue weighted by Gasteiger charge is 2.17. The van der Waals surface area contributed by atoms with Crippen LogP contribution < -0.4 is 0 Å². The van der Waals surface area contributed by atoms with Crippen LogP contribution in [0.3, 0.4) is 0 Å². The molecule has 134 valence electrons. The lowest BCUT2D eigenvalue weighted by molar-refractivity contribution is 0.0680. The van der Waals surface area contributed by atoms with E-state index in [1.807, 2.05) is 30.3 Å². The van der Waals surface area contributed by atoms with Gasteiger partial charge in [-0.25, -0.2) is 8.42 Å². The van der Waals surface area contributed by atoms with Gasteiger partial charge >= 0.3 is 0 Å². The normalized spacial score (nSPS) is 11.3. The van der Waals surface area contributed by atoms with Crippen LogP contribution >= 0.6 is 0 Å². The lowest BCUT2D eigenvalue weighted by Crippen LogP contribution is -2.33. The fraction of sp³-hybridized carbons (Fsp3) is 0.316. The second kappa shape index (κ2) is 8.78. The van der Waals surface area contributed by atoms with Gasteiger partial charge in [-0.05, 0) is 23.3 Å². The molecule has 0 heterocycles. The van der Waals surface area contributed by atoms with Crippen molar-refractivity contribution in [1.82, 2.24) is 4.90 Å². The number of carbonyl (C=O) groups is 1. The molecule has 0 aliphatic heterocycles. The highest BCUT2D eigenvalue weighted by Crippen LogP contribution is 2.13. The Balaban J connectivity index is 2.21. The van der Waals surface area contributed by atoms with E-state index < -0.39 is 9.84 Å². The van der Waals surface area contributed by atoms with E-state index in [2.05, 4.69) is 0 Å². The van der Waals surface area contributed by atoms with Gasteiger partial charge in [-0.15, -0.1) is 0 Å². The number of ether oxygens (including phenoxy) is 1. The number of sulfone groups is 1. The summed E-state index contributed by atoms with van der Waals surface area (Å²) in [5, 5.41) is 0. The number of carbonyl (C=O) groups excluding carboxylic acids is 1. The third-order valence-corrected chi connectivity index (χ3v) is 4.53. The van der Waals surface area contributed by atoms with Crippen LogP contribution in [0.5, 0.6) is 0 Å². The SMILES string of the molecule is COCCN(Cc1ccccc1)C(=O)c1cccc(CS(C)(=O)=O)c1. The van der Waals surface area contributed by atoms with Gasteiger partial charge in [0.15, 0.2) is 9.84 Å². The molecule has 2 aromatic rings. The van der Waals surface area contributed by atoms with Gasteiger partial charge in [0.2, 0.25) is 0 Å². The molecular weight excluding hydrogens is 338 g/mol. The van der Waals surface area contributed by atoms with Crippen molar-refractivity contribution < 1.29 is 17.9 Å². The molecule has 5 nitrogen and oxygen atoms in total. The fourth-order valence-corrected chi connectivity index (χ4v) is 3.32. The Kier molecular flexibility index (Phi) is 6.73. The molecule has 6 heteroatoms. The highest BCUT2D eigenvalue weighted by molar-refractivity contribution is 7.89. The summed E-state index contributed by atoms with van der Waals surface area (Å²) in [6, 6.07) is 16.5. The summed E-state index contributed by atoms with van der Waals surface area (Å²) in [5.41, 5.74) is 2.12. The van der Waals surface area contributed by atoms with Gasteiger partial charge in [-0.1, -0.05) is 42.5 Å². The zero-order chi connectivity index (χ0) is 18.3. The van der Waals surface area contributed by atoms with E-state index in [1.54, 1.807) is 36.3 Å². The molecule has 0 atom stereocenters. The average molecular weight is 361 g/mol. The van der Waals surface area contributed by atoms with Crippen LogP contribution in [0.1, 0.15) is 21.5 Å². The molecule has 0 fully saturated rings. The second-order valence-electron chi connectivity index (χ2n) is 5.98. The van der Waals surface area contributed by atoms with Crippen LogP contribution in [0.25, 0.3) is 0 Å². The van der Waals surface area contributed by atoms with Crippen LogP contribution in [-0.4, -0.2) is 45.7 Å². The van der Waals surface area contributed by atoms with Gasteiger partial charge in [0, 0.05) is 32.0 Å². The van der Waals surface area contributed by atoms with Gasteiger partial charge in [-0.3, -0.25) is 4.79 Å². The predicted molar refractivity (Wildman–Crippen MR) is 98.0 cm³/mol. The van der Waals surface area contributed by atoms with E-state index in [1.165, 1.54) is 6.26 Å². The van der Waals surface area contributed by atoms with E-state index in [0.717, 1.165) is 5.56 Å². The van der Waals surface area contributed by atoms with E-state index >= 15 is 0 Å². The van der Waals surface area contributed by atoms with Crippen LogP contribution in [0.4, 0.5) is 0 Å². The maximum atomic E-state index is 12.9. The number of rotatable bonds is 8. The minimum Gasteiger partial charge on any atom is -0.383 e. The highest BCUT2D eigenvalue weighted by atomic mass is 32.2. The van der Waals surface area contributed by atoms with Crippen molar-refractivity contribution in [2.45, 2.75) is 12.3 Å². The van der Waals surface area contributed by atoms with Gasteiger partial charge in [0.1, 0.15) is 0 Å². The second-order valence-corrected chi connectivity index (χ2v) is 8.12. The molecule has 1 amide bonds. The van der Waals surface area contributed by atoms with Crippen molar-refractivity contribution in [1.29, 1.82) is 0 Å². The molecule has 0 radical (unpaired) electrons. The van der Waals surface area contributed by atoms with Crippen LogP contribution in [-0.2, 0) is 26.9 Å². The van der Waals surface area contributed by atoms with Gasteiger partial charge < -0.3 is 9.64 Å². The topological polar surface area (TPSA) is 63.7 Å². The quantitative estimate of drug-likeness (QED) is 0.725. The summed E-state index contributed by atoms with van der Waals surface area (Å²) < 4.78 is 28.1. The summed E-state index contributed by atoms with van der Waals surface area (Å²) in [7, 11) is -1.55. The largest absolute Gasteiger partial charge is 0.383 e. The Morgan fingerprint density at radius 1 is 1.04 bits per heavy atom. The van der Waals surface area contributed by atoms with Crippen LogP contribution in [0.2, 0.25) is 0 Å². The lowest BCUT2D eigenvalue weighted by Gasteiger charge is -2.23. The van der Waals surface area contributed by atoms with Gasteiger partial charge in [0.25, 0.3) is 5.91 Å². The fourth-order valence-electron chi connectivity index (χ4n) is 2.54. The van der Waals surface area contributed by atoms with Crippen LogP contribution in [0.15, 0.2) is 54.6 Å². The Bertz CT molecular complexity index is 803. The first kappa shape index (κ1) is 19.1. The van der Waals surface area contributed by atoms with Crippen molar-refractivity contribution in [3.63, 3.8) is 0 Å². The Labute approximate surface area is 149 Å². The van der Waals surface area contributed by atoms with E-state index in [-0.39, 0.29) is 11.7 Å². The van der Waals surface area contributed by atoms with Crippen molar-refractivity contribution in [3.05, 3.63) is 71.3 Å². The smallest absolute Gasteiger partial charge is 0.254 e. The van der Waals surface area contributed by atoms with Gasteiger partial charge in [0.05, 0.1) is 12.4 Å². The molecule has 0 aliphatic carbocycles. The maximum Gasteiger partial charge on any atom is 0.254 e. The zero-order valence-corrected chi connectivity index (χ0v) is 15.3. The van der Waals surface area contributed by atoms with Crippen molar-refractivity contribution in [3.8, 4) is 0 Å². The van der Waals surface area contributed by atoms with Crippen molar-refractivity contribution in [2.75, 3.05) is 26.5 Å². The minimum atomic E-state index is -3.15. The molecule has 0 unspecified atom stereocenters. The van der Waals surface area contributed by atoms with Gasteiger partial charge in [-0.2, -0.15) is 0 Å². The number of nitrogens with zero attached hydrogens (tertiary/aromatic N) is 1. The standard InChI is InChI=1S/C19H23NO4S/c1-24-12-11-20(14-16-7-4-3-5-8-16)19(21)18-10-6-9-17(13-18)15-25(2,22)23/h3-10,13H,11-12,14-15H2,1-2H3. The first-order chi connectivity index (χ1) is 11.9. The minimum absolute atomic E-state index is 0.0785. The molecule has 25 heavy (non-hydrogen) atoms. The van der Waals surface area contributed by atoms with E-state index in [0.29, 0.717) is 30.8 Å². The van der Waals surface area contributed by atoms with Crippen molar-refractivity contribution >= 4 is 15.7 Å². The molecule has 0 aromatic heterocycles. The number of hydrogen-bond donors (Lipinski definition) is 0. The molecule has 0 bridgehead atoms. The third kappa shape index (κ3) is 6.32. The molecular formula is C19H23NO4S. The third-order valence-electron chi connectivity index (χ3n) is 3.67. The summed E-state index contributed by atoms with van der Waals surface area (Å²) in [4.78, 5) is 14.6. The van der Waals surface area contributed by atoms with E-state index in [9.17, 15) is 13.2 Å². The molecule has 0 N–H and O–H groups in total. The average Bonchev–Trinajstić information content (AvgIpc) is 2.57. The predicted octanol–water partition coefficient (Wildman–Crippen LogP) is 2.52. The molecule has 0 spiro atoms. The number of amides is 1.